The van der Waals surface area contributed by atoms with Crippen LogP contribution in [0.3, 0.4) is 0 Å². The number of carbonyl (C=O) groups excluding carboxylic acids is 1. The molecule has 1 aromatic carbocycles. The molecule has 0 aliphatic carbocycles. The molecule has 0 atom stereocenters. The van der Waals surface area contributed by atoms with Gasteiger partial charge in [-0.2, -0.15) is 5.26 Å². The van der Waals surface area contributed by atoms with Gasteiger partial charge in [-0.15, -0.1) is 0 Å². The third-order valence-corrected chi connectivity index (χ3v) is 2.74. The number of hydrogen-bond acceptors (Lipinski definition) is 2. The summed E-state index contributed by atoms with van der Waals surface area (Å²) in [6.07, 6.45) is -0.124. The quantitative estimate of drug-likeness (QED) is 0.775. The minimum absolute atomic E-state index is 0.00139. The van der Waals surface area contributed by atoms with Crippen molar-refractivity contribution in [3.63, 3.8) is 0 Å². The first-order valence-electron chi connectivity index (χ1n) is 5.17. The molecule has 0 N–H and O–H groups in total. The first kappa shape index (κ1) is 13.5. The lowest BCUT2D eigenvalue weighted by atomic mass is 10.1. The van der Waals surface area contributed by atoms with Crippen LogP contribution in [0, 0.1) is 17.1 Å². The van der Waals surface area contributed by atoms with E-state index in [0.717, 1.165) is 0 Å². The molecule has 1 amide bonds. The Morgan fingerprint density at radius 2 is 2.29 bits per heavy atom. The van der Waals surface area contributed by atoms with Crippen LogP contribution in [0.1, 0.15) is 12.5 Å². The molecule has 0 aliphatic heterocycles. The van der Waals surface area contributed by atoms with E-state index < -0.39 is 5.82 Å². The molecular formula is C12H12ClFN2O. The van der Waals surface area contributed by atoms with Crippen molar-refractivity contribution < 1.29 is 9.18 Å². The molecule has 90 valence electrons. The van der Waals surface area contributed by atoms with E-state index in [9.17, 15) is 9.18 Å². The molecule has 0 bridgehead atoms. The van der Waals surface area contributed by atoms with Gasteiger partial charge in [0.15, 0.2) is 0 Å². The zero-order valence-electron chi connectivity index (χ0n) is 9.41. The molecule has 0 unspecified atom stereocenters. The number of carbonyl (C=O) groups is 1. The minimum atomic E-state index is -0.501. The van der Waals surface area contributed by atoms with Crippen molar-refractivity contribution >= 4 is 17.5 Å². The number of nitriles is 1. The number of hydrogen-bond donors (Lipinski definition) is 0. The maximum absolute atomic E-state index is 13.4. The Morgan fingerprint density at radius 1 is 1.59 bits per heavy atom. The normalized spacial score (nSPS) is 9.76. The van der Waals surface area contributed by atoms with Crippen molar-refractivity contribution in [2.24, 2.45) is 0 Å². The van der Waals surface area contributed by atoms with E-state index in [0.29, 0.717) is 6.54 Å². The SMILES string of the molecule is CCN(CC#N)C(=O)Cc1c(F)cccc1Cl. The maximum Gasteiger partial charge on any atom is 0.228 e. The summed E-state index contributed by atoms with van der Waals surface area (Å²) in [6.45, 7) is 2.18. The summed E-state index contributed by atoms with van der Waals surface area (Å²) < 4.78 is 13.4. The lowest BCUT2D eigenvalue weighted by Gasteiger charge is -2.17. The molecule has 0 saturated heterocycles. The van der Waals surface area contributed by atoms with Crippen LogP contribution in [0.4, 0.5) is 4.39 Å². The van der Waals surface area contributed by atoms with Crippen LogP contribution in [0.5, 0.6) is 0 Å². The fraction of sp³-hybridized carbons (Fsp3) is 0.333. The molecule has 0 aliphatic rings. The zero-order chi connectivity index (χ0) is 12.8. The fourth-order valence-electron chi connectivity index (χ4n) is 1.43. The fourth-order valence-corrected chi connectivity index (χ4v) is 1.66. The average Bonchev–Trinajstić information content (AvgIpc) is 2.30. The molecule has 17 heavy (non-hydrogen) atoms. The van der Waals surface area contributed by atoms with Gasteiger partial charge < -0.3 is 4.90 Å². The van der Waals surface area contributed by atoms with E-state index in [4.69, 9.17) is 16.9 Å². The Labute approximate surface area is 104 Å². The monoisotopic (exact) mass is 254 g/mol. The Balaban J connectivity index is 2.84. The van der Waals surface area contributed by atoms with Gasteiger partial charge in [0.2, 0.25) is 5.91 Å². The molecule has 3 nitrogen and oxygen atoms in total. The third-order valence-electron chi connectivity index (χ3n) is 2.39. The van der Waals surface area contributed by atoms with Crippen LogP contribution in [0.2, 0.25) is 5.02 Å². The van der Waals surface area contributed by atoms with Gasteiger partial charge in [0.25, 0.3) is 0 Å². The van der Waals surface area contributed by atoms with Crippen molar-refractivity contribution in [2.45, 2.75) is 13.3 Å². The first-order chi connectivity index (χ1) is 8.10. The highest BCUT2D eigenvalue weighted by atomic mass is 35.5. The van der Waals surface area contributed by atoms with Crippen LogP contribution >= 0.6 is 11.6 Å². The highest BCUT2D eigenvalue weighted by Crippen LogP contribution is 2.20. The predicted octanol–water partition coefficient (Wildman–Crippen LogP) is 2.39. The summed E-state index contributed by atoms with van der Waals surface area (Å²) in [5.74, 6) is -0.806. The van der Waals surface area contributed by atoms with E-state index in [1.54, 1.807) is 6.92 Å². The molecule has 5 heteroatoms. The highest BCUT2D eigenvalue weighted by molar-refractivity contribution is 6.31. The van der Waals surface area contributed by atoms with E-state index >= 15 is 0 Å². The molecule has 0 fully saturated rings. The van der Waals surface area contributed by atoms with Crippen LogP contribution in [0.15, 0.2) is 18.2 Å². The van der Waals surface area contributed by atoms with E-state index in [2.05, 4.69) is 0 Å². The second kappa shape index (κ2) is 6.21. The van der Waals surface area contributed by atoms with Crippen LogP contribution in [-0.2, 0) is 11.2 Å². The van der Waals surface area contributed by atoms with Gasteiger partial charge in [-0.25, -0.2) is 4.39 Å². The lowest BCUT2D eigenvalue weighted by molar-refractivity contribution is -0.129. The van der Waals surface area contributed by atoms with Crippen LogP contribution in [0.25, 0.3) is 0 Å². The standard InChI is InChI=1S/C12H12ClFN2O/c1-2-16(7-6-15)12(17)8-9-10(13)4-3-5-11(9)14/h3-5H,2,7-8H2,1H3. The van der Waals surface area contributed by atoms with Gasteiger partial charge in [0.05, 0.1) is 12.5 Å². The number of rotatable bonds is 4. The molecule has 0 saturated carbocycles. The summed E-state index contributed by atoms with van der Waals surface area (Å²) in [4.78, 5) is 13.1. The van der Waals surface area contributed by atoms with Gasteiger partial charge in [-0.3, -0.25) is 4.79 Å². The topological polar surface area (TPSA) is 44.1 Å². The molecule has 0 aromatic heterocycles. The van der Waals surface area contributed by atoms with E-state index in [1.165, 1.54) is 23.1 Å². The molecule has 1 rings (SSSR count). The number of halogens is 2. The Bertz CT molecular complexity index is 436. The van der Waals surface area contributed by atoms with Crippen molar-refractivity contribution in [1.29, 1.82) is 5.26 Å². The number of likely N-dealkylation sites (N-methyl/N-ethyl adjacent to an activating group) is 1. The summed E-state index contributed by atoms with van der Waals surface area (Å²) >= 11 is 5.82. The Hall–Kier alpha value is -1.60. The largest absolute Gasteiger partial charge is 0.329 e. The van der Waals surface area contributed by atoms with E-state index in [1.807, 2.05) is 6.07 Å². The molecular weight excluding hydrogens is 243 g/mol. The molecule has 1 aromatic rings. The van der Waals surface area contributed by atoms with Crippen LogP contribution in [-0.4, -0.2) is 23.9 Å². The Kier molecular flexibility index (Phi) is 4.92. The summed E-state index contributed by atoms with van der Waals surface area (Å²) in [5, 5.41) is 8.78. The van der Waals surface area contributed by atoms with Crippen molar-refractivity contribution in [1.82, 2.24) is 4.90 Å². The minimum Gasteiger partial charge on any atom is -0.329 e. The second-order valence-electron chi connectivity index (χ2n) is 3.44. The smallest absolute Gasteiger partial charge is 0.228 e. The molecule has 0 heterocycles. The van der Waals surface area contributed by atoms with Crippen LogP contribution < -0.4 is 0 Å². The van der Waals surface area contributed by atoms with Crippen molar-refractivity contribution in [3.05, 3.63) is 34.6 Å². The summed E-state index contributed by atoms with van der Waals surface area (Å²) in [6, 6.07) is 6.17. The summed E-state index contributed by atoms with van der Waals surface area (Å²) in [7, 11) is 0. The summed E-state index contributed by atoms with van der Waals surface area (Å²) in [5.41, 5.74) is 0.176. The zero-order valence-corrected chi connectivity index (χ0v) is 10.2. The van der Waals surface area contributed by atoms with Gasteiger partial charge in [0.1, 0.15) is 12.4 Å². The molecule has 0 spiro atoms. The van der Waals surface area contributed by atoms with Crippen molar-refractivity contribution in [2.75, 3.05) is 13.1 Å². The maximum atomic E-state index is 13.4. The average molecular weight is 255 g/mol. The number of benzene rings is 1. The van der Waals surface area contributed by atoms with E-state index in [-0.39, 0.29) is 29.5 Å². The number of amides is 1. The highest BCUT2D eigenvalue weighted by Gasteiger charge is 2.16. The Morgan fingerprint density at radius 3 is 2.82 bits per heavy atom. The van der Waals surface area contributed by atoms with Gasteiger partial charge in [0, 0.05) is 17.1 Å². The first-order valence-corrected chi connectivity index (χ1v) is 5.55. The van der Waals surface area contributed by atoms with Gasteiger partial charge in [-0.1, -0.05) is 17.7 Å². The second-order valence-corrected chi connectivity index (χ2v) is 3.85. The van der Waals surface area contributed by atoms with Gasteiger partial charge in [-0.05, 0) is 19.1 Å². The number of nitrogens with zero attached hydrogens (tertiary/aromatic N) is 2. The lowest BCUT2D eigenvalue weighted by Crippen LogP contribution is -2.32. The molecule has 0 radical (unpaired) electrons. The van der Waals surface area contributed by atoms with Crippen molar-refractivity contribution in [3.8, 4) is 6.07 Å². The predicted molar refractivity (Wildman–Crippen MR) is 63.0 cm³/mol. The third kappa shape index (κ3) is 3.43. The van der Waals surface area contributed by atoms with Gasteiger partial charge >= 0.3 is 0 Å².